The fraction of sp³-hybridized carbons (Fsp3) is 0.0297. The number of carbonyl (C=O) groups excluding carboxylic acids is 1. The van der Waals surface area contributed by atoms with Crippen molar-refractivity contribution in [1.82, 2.24) is 39.9 Å². The molecular weight excluding hydrogens is 2420 g/mol. The van der Waals surface area contributed by atoms with Crippen molar-refractivity contribution in [3.8, 4) is 78.1 Å². The Kier molecular flexibility index (Phi) is 50.4. The monoisotopic (exact) mass is 2500 g/mol. The molecule has 0 aliphatic rings. The van der Waals surface area contributed by atoms with Crippen LogP contribution in [0.3, 0.4) is 0 Å². The van der Waals surface area contributed by atoms with Gasteiger partial charge in [0.05, 0.1) is 5.76 Å². The first-order chi connectivity index (χ1) is 56.6. The number of fused-ring (bicyclic) bond motifs is 1. The molecule has 0 aliphatic carbocycles. The van der Waals surface area contributed by atoms with Gasteiger partial charge in [0.15, 0.2) is 5.78 Å². The van der Waals surface area contributed by atoms with Gasteiger partial charge < -0.3 is 45.1 Å². The number of aliphatic hydroxyl groups excluding tert-OH is 1. The summed E-state index contributed by atoms with van der Waals surface area (Å²) in [4.78, 5) is 54.8. The molecule has 5 radical (unpaired) electrons. The van der Waals surface area contributed by atoms with Crippen LogP contribution in [0.15, 0.2) is 373 Å². The maximum absolute atomic E-state index is 13.2. The number of thiophene rings is 1. The van der Waals surface area contributed by atoms with E-state index < -0.39 is 17.6 Å². The van der Waals surface area contributed by atoms with Crippen LogP contribution in [0.1, 0.15) is 51.7 Å². The first kappa shape index (κ1) is 103. The van der Waals surface area contributed by atoms with Crippen LogP contribution in [0.4, 0.5) is 8.78 Å². The summed E-state index contributed by atoms with van der Waals surface area (Å²) in [5.41, 5.74) is 16.8. The molecule has 0 unspecified atom stereocenters. The van der Waals surface area contributed by atoms with E-state index in [2.05, 4.69) is 146 Å². The average molecular weight is 2500 g/mol. The molecule has 2 N–H and O–H groups in total. The van der Waals surface area contributed by atoms with Crippen LogP contribution in [0.5, 0.6) is 0 Å². The number of benzene rings is 7. The van der Waals surface area contributed by atoms with Gasteiger partial charge in [-0.15, -0.1) is 252 Å². The van der Waals surface area contributed by atoms with Gasteiger partial charge in [-0.25, -0.2) is 21.1 Å². The Bertz CT molecular complexity index is 5540. The molecule has 0 bridgehead atoms. The van der Waals surface area contributed by atoms with E-state index in [-0.39, 0.29) is 123 Å². The molecule has 619 valence electrons. The summed E-state index contributed by atoms with van der Waals surface area (Å²) in [6.07, 6.45) is 23.9. The molecule has 0 atom stereocenters. The summed E-state index contributed by atoms with van der Waals surface area (Å²) in [7, 11) is 0. The summed E-state index contributed by atoms with van der Waals surface area (Å²) in [5.74, 6) is -2.38. The minimum atomic E-state index is -1.01. The third-order valence-electron chi connectivity index (χ3n) is 15.6. The van der Waals surface area contributed by atoms with E-state index in [1.165, 1.54) is 47.0 Å². The summed E-state index contributed by atoms with van der Waals surface area (Å²) in [5, 5.41) is 18.4. The number of allylic oxidation sites excluding steroid dienone is 2. The van der Waals surface area contributed by atoms with Crippen LogP contribution in [-0.4, -0.2) is 61.8 Å². The second kappa shape index (κ2) is 59.0. The van der Waals surface area contributed by atoms with Crippen molar-refractivity contribution in [1.29, 1.82) is 0 Å². The average Bonchev–Trinajstić information content (AvgIpc) is 1.68. The number of aromatic nitrogens is 8. The Morgan fingerprint density at radius 2 is 0.826 bits per heavy atom. The summed E-state index contributed by atoms with van der Waals surface area (Å²) >= 11 is 1.73. The van der Waals surface area contributed by atoms with Gasteiger partial charge in [0.1, 0.15) is 5.69 Å². The van der Waals surface area contributed by atoms with E-state index in [1.807, 2.05) is 219 Å². The molecular formula is C101H79F2Ir5N8O4S-7. The molecule has 121 heavy (non-hydrogen) atoms. The maximum atomic E-state index is 13.2. The summed E-state index contributed by atoms with van der Waals surface area (Å²) < 4.78 is 27.1. The van der Waals surface area contributed by atoms with Gasteiger partial charge in [-0.05, 0) is 105 Å². The van der Waals surface area contributed by atoms with E-state index in [1.54, 1.807) is 91.0 Å². The molecule has 0 fully saturated rings. The smallest absolute Gasteiger partial charge is 0.354 e. The minimum Gasteiger partial charge on any atom is -0.512 e. The SMILES string of the molecule is C=CCC(O)=CC(C)=O.C=Cc1c[c-]c(-c2ccccn2)cc1.C=Cc1c[c-]c(-c2ccccn2)cc1.C=Cc1cc[c-]c(-c2ccccn2)c1.C=Cc1ccc(C(=O)O)nc1.Cc1c[c-]c(-c2ccccn2)cc1.Fc1c[c-]c(-c2ccccn2)c(F)c1.[Ir].[Ir].[Ir].[Ir].[Ir].[c-]1c(-c2ccccn2)sc2ccccc12.[c-]1ccccc1-c1ccccn1. The van der Waals surface area contributed by atoms with Crippen molar-refractivity contribution in [3.63, 3.8) is 0 Å². The second-order valence-electron chi connectivity index (χ2n) is 24.1. The number of aromatic carboxylic acids is 1. The van der Waals surface area contributed by atoms with E-state index in [9.17, 15) is 18.4 Å². The van der Waals surface area contributed by atoms with Gasteiger partial charge >= 0.3 is 5.97 Å². The minimum absolute atomic E-state index is 0. The topological polar surface area (TPSA) is 178 Å². The number of ketones is 1. The molecule has 12 nitrogen and oxygen atoms in total. The normalized spacial score (nSPS) is 9.54. The molecule has 0 saturated carbocycles. The molecule has 9 aromatic heterocycles. The van der Waals surface area contributed by atoms with Crippen LogP contribution in [0.2, 0.25) is 0 Å². The maximum Gasteiger partial charge on any atom is 0.354 e. The van der Waals surface area contributed by atoms with Crippen molar-refractivity contribution in [2.75, 3.05) is 0 Å². The zero-order valence-corrected chi connectivity index (χ0v) is 78.2. The second-order valence-corrected chi connectivity index (χ2v) is 25.2. The van der Waals surface area contributed by atoms with Gasteiger partial charge in [-0.3, -0.25) is 13.6 Å². The first-order valence-corrected chi connectivity index (χ1v) is 36.8. The predicted molar refractivity (Wildman–Crippen MR) is 467 cm³/mol. The fourth-order valence-corrected chi connectivity index (χ4v) is 10.8. The van der Waals surface area contributed by atoms with E-state index in [0.29, 0.717) is 12.1 Å². The Hall–Kier alpha value is -11.8. The van der Waals surface area contributed by atoms with Crippen LogP contribution in [-0.2, 0) is 105 Å². The fourth-order valence-electron chi connectivity index (χ4n) is 9.81. The number of halogens is 2. The summed E-state index contributed by atoms with van der Waals surface area (Å²) in [6.45, 7) is 21.5. The molecule has 16 rings (SSSR count). The van der Waals surface area contributed by atoms with Crippen LogP contribution in [0.25, 0.3) is 113 Å². The number of aryl methyl sites for hydroxylation is 1. The molecule has 0 amide bonds. The van der Waals surface area contributed by atoms with E-state index in [4.69, 9.17) is 10.2 Å². The van der Waals surface area contributed by atoms with Crippen LogP contribution < -0.4 is 0 Å². The molecule has 0 saturated heterocycles. The molecule has 0 spiro atoms. The van der Waals surface area contributed by atoms with Crippen molar-refractivity contribution < 1.29 is 129 Å². The molecule has 16 aromatic rings. The van der Waals surface area contributed by atoms with Crippen molar-refractivity contribution in [2.45, 2.75) is 20.3 Å². The van der Waals surface area contributed by atoms with Gasteiger partial charge in [-0.1, -0.05) is 146 Å². The third-order valence-corrected chi connectivity index (χ3v) is 16.7. The summed E-state index contributed by atoms with van der Waals surface area (Å²) in [6, 6.07) is 107. The van der Waals surface area contributed by atoms with Crippen LogP contribution >= 0.6 is 11.3 Å². The van der Waals surface area contributed by atoms with Crippen molar-refractivity contribution in [2.24, 2.45) is 0 Å². The largest absolute Gasteiger partial charge is 0.512 e. The van der Waals surface area contributed by atoms with Gasteiger partial charge in [-0.2, -0.15) is 0 Å². The quantitative estimate of drug-likeness (QED) is 0.0430. The Morgan fingerprint density at radius 1 is 0.405 bits per heavy atom. The Morgan fingerprint density at radius 3 is 1.21 bits per heavy atom. The van der Waals surface area contributed by atoms with Crippen LogP contribution in [0, 0.1) is 61.0 Å². The number of nitrogens with zero attached hydrogens (tertiary/aromatic N) is 8. The van der Waals surface area contributed by atoms with Gasteiger partial charge in [0.2, 0.25) is 0 Å². The number of carboxylic acid groups (broad SMARTS) is 1. The third kappa shape index (κ3) is 37.2. The molecule has 9 heterocycles. The van der Waals surface area contributed by atoms with E-state index in [0.717, 1.165) is 101 Å². The zero-order chi connectivity index (χ0) is 82.3. The number of pyridine rings is 8. The number of aliphatic hydroxyl groups is 1. The molecule has 20 heteroatoms. The standard InChI is InChI=1S/C13H8NS.3C13H10N.C12H10N.C11H6F2N.C11H8N.C8H7NO2.C7H10O2.5Ir/c1-2-7-12-10(5-1)9-13(15-12)11-6-3-4-8-14-11;1-2-11-6-5-7-12(10-11)13-8-3-4-9-14-13;2*1-2-11-6-8-12(9-7-11)13-5-3-4-10-14-13;1-10-5-7-11(8-6-10)12-4-2-3-9-13-12;12-8-4-5-9(10(13)7-8)11-3-1-2-6-14-11;1-2-6-10(7-3-1)11-8-4-5-9-12-11;1-2-6-3-4-7(8(10)11)9-5-6;1-3-4-7(9)5-6(2)8;;;;;/h1-8H;2-6,8-10H,1H2;2*2-8,10H,1H2;2-7,9H,1H3;1-4,6-7H;1-6,8-9H;2-5H,1H2,(H,10,11);3,5,9H,1,4H2,2H3;;;;;/q7*-1;;;;;;;. The Balaban J connectivity index is 0.000000351. The number of carboxylic acids is 1. The van der Waals surface area contributed by atoms with E-state index >= 15 is 0 Å². The van der Waals surface area contributed by atoms with Crippen molar-refractivity contribution >= 4 is 57.5 Å². The van der Waals surface area contributed by atoms with Gasteiger partial charge in [0.25, 0.3) is 0 Å². The first-order valence-electron chi connectivity index (χ1n) is 36.0. The Labute approximate surface area is 778 Å². The molecule has 7 aromatic carbocycles. The number of carbonyl (C=O) groups is 2. The molecule has 0 aliphatic heterocycles. The number of hydrogen-bond acceptors (Lipinski definition) is 12. The number of hydrogen-bond donors (Lipinski definition) is 2. The van der Waals surface area contributed by atoms with Crippen molar-refractivity contribution in [3.05, 3.63) is 461 Å². The zero-order valence-electron chi connectivity index (χ0n) is 65.4. The number of rotatable bonds is 15. The van der Waals surface area contributed by atoms with Gasteiger partial charge in [0, 0.05) is 180 Å². The predicted octanol–water partition coefficient (Wildman–Crippen LogP) is 24.6.